The molecule has 0 radical (unpaired) electrons. The molecule has 112 valence electrons. The number of carbonyl (C=O) groups excluding carboxylic acids is 1. The van der Waals surface area contributed by atoms with E-state index in [2.05, 4.69) is 31.9 Å². The smallest absolute Gasteiger partial charge is 0.339 e. The van der Waals surface area contributed by atoms with Crippen molar-refractivity contribution in [2.45, 2.75) is 0 Å². The second kappa shape index (κ2) is 6.11. The summed E-state index contributed by atoms with van der Waals surface area (Å²) in [5, 5.41) is 11.4. The molecule has 0 unspecified atom stereocenters. The van der Waals surface area contributed by atoms with E-state index in [9.17, 15) is 9.90 Å². The van der Waals surface area contributed by atoms with E-state index in [1.165, 1.54) is 21.3 Å². The molecule has 0 bridgehead atoms. The number of benzene rings is 2. The Morgan fingerprint density at radius 3 is 2.19 bits per heavy atom. The van der Waals surface area contributed by atoms with E-state index in [4.69, 9.17) is 14.2 Å². The Morgan fingerprint density at radius 2 is 1.67 bits per heavy atom. The number of hydrogen-bond donors (Lipinski definition) is 1. The number of methoxy groups -OCH3 is 3. The van der Waals surface area contributed by atoms with Gasteiger partial charge in [0, 0.05) is 11.5 Å². The molecule has 2 aromatic rings. The van der Waals surface area contributed by atoms with Crippen LogP contribution in [-0.2, 0) is 4.74 Å². The average Bonchev–Trinajstić information content (AvgIpc) is 2.50. The lowest BCUT2D eigenvalue weighted by molar-refractivity contribution is 0.0599. The van der Waals surface area contributed by atoms with Crippen LogP contribution in [0.25, 0.3) is 10.8 Å². The maximum Gasteiger partial charge on any atom is 0.339 e. The Balaban J connectivity index is 2.96. The van der Waals surface area contributed by atoms with Crippen molar-refractivity contribution in [2.75, 3.05) is 21.3 Å². The Bertz CT molecular complexity index is 727. The number of rotatable bonds is 3. The highest BCUT2D eigenvalue weighted by atomic mass is 79.9. The molecule has 0 aliphatic carbocycles. The van der Waals surface area contributed by atoms with E-state index in [0.29, 0.717) is 26.7 Å². The van der Waals surface area contributed by atoms with Crippen molar-refractivity contribution in [2.24, 2.45) is 0 Å². The van der Waals surface area contributed by atoms with E-state index in [-0.39, 0.29) is 15.8 Å². The quantitative estimate of drug-likeness (QED) is 0.765. The van der Waals surface area contributed by atoms with Crippen LogP contribution in [0.1, 0.15) is 10.4 Å². The number of halogens is 2. The molecule has 0 aliphatic rings. The summed E-state index contributed by atoms with van der Waals surface area (Å²) in [6.07, 6.45) is 0. The third-order valence-electron chi connectivity index (χ3n) is 3.05. The molecule has 0 saturated carbocycles. The highest BCUT2D eigenvalue weighted by molar-refractivity contribution is 9.11. The van der Waals surface area contributed by atoms with Gasteiger partial charge < -0.3 is 19.3 Å². The van der Waals surface area contributed by atoms with Gasteiger partial charge in [-0.05, 0) is 37.9 Å². The van der Waals surface area contributed by atoms with Gasteiger partial charge in [0.25, 0.3) is 0 Å². The van der Waals surface area contributed by atoms with Crippen molar-refractivity contribution < 1.29 is 24.1 Å². The monoisotopic (exact) mass is 418 g/mol. The van der Waals surface area contributed by atoms with Gasteiger partial charge in [-0.25, -0.2) is 4.79 Å². The van der Waals surface area contributed by atoms with Crippen molar-refractivity contribution in [3.05, 3.63) is 26.6 Å². The average molecular weight is 420 g/mol. The zero-order chi connectivity index (χ0) is 15.7. The molecule has 0 fully saturated rings. The molecular weight excluding hydrogens is 408 g/mol. The van der Waals surface area contributed by atoms with Crippen LogP contribution in [0.2, 0.25) is 0 Å². The summed E-state index contributed by atoms with van der Waals surface area (Å²) in [6.45, 7) is 0. The number of hydrogen-bond acceptors (Lipinski definition) is 5. The minimum absolute atomic E-state index is 0.104. The molecule has 1 N–H and O–H groups in total. The van der Waals surface area contributed by atoms with Crippen molar-refractivity contribution in [3.8, 4) is 17.2 Å². The second-order valence-corrected chi connectivity index (χ2v) is 5.68. The SMILES string of the molecule is COC(=O)c1cc2c(Br)c(OC)cc(OC)c2c(O)c1Br. The summed E-state index contributed by atoms with van der Waals surface area (Å²) in [7, 11) is 4.28. The van der Waals surface area contributed by atoms with Crippen molar-refractivity contribution in [1.82, 2.24) is 0 Å². The molecule has 5 nitrogen and oxygen atoms in total. The molecule has 21 heavy (non-hydrogen) atoms. The topological polar surface area (TPSA) is 65.0 Å². The highest BCUT2D eigenvalue weighted by Gasteiger charge is 2.22. The molecule has 2 rings (SSSR count). The Labute approximate surface area is 138 Å². The molecule has 0 spiro atoms. The second-order valence-electron chi connectivity index (χ2n) is 4.10. The largest absolute Gasteiger partial charge is 0.506 e. The molecular formula is C14H12Br2O5. The van der Waals surface area contributed by atoms with Gasteiger partial charge in [0.1, 0.15) is 17.2 Å². The molecule has 7 heteroatoms. The van der Waals surface area contributed by atoms with Crippen LogP contribution in [0.15, 0.2) is 21.1 Å². The zero-order valence-electron chi connectivity index (χ0n) is 11.5. The summed E-state index contributed by atoms with van der Waals surface area (Å²) in [4.78, 5) is 11.8. The van der Waals surface area contributed by atoms with Gasteiger partial charge in [-0.15, -0.1) is 0 Å². The van der Waals surface area contributed by atoms with Gasteiger partial charge in [0.2, 0.25) is 0 Å². The summed E-state index contributed by atoms with van der Waals surface area (Å²) < 4.78 is 16.1. The van der Waals surface area contributed by atoms with Crippen LogP contribution in [-0.4, -0.2) is 32.4 Å². The first-order chi connectivity index (χ1) is 9.96. The molecule has 0 atom stereocenters. The lowest BCUT2D eigenvalue weighted by Crippen LogP contribution is -2.03. The number of phenols is 1. The predicted octanol–water partition coefficient (Wildman–Crippen LogP) is 3.87. The lowest BCUT2D eigenvalue weighted by atomic mass is 10.0. The van der Waals surface area contributed by atoms with Gasteiger partial charge in [0.05, 0.1) is 41.2 Å². The molecule has 0 aromatic heterocycles. The maximum atomic E-state index is 11.8. The highest BCUT2D eigenvalue weighted by Crippen LogP contribution is 2.47. The van der Waals surface area contributed by atoms with Crippen molar-refractivity contribution in [1.29, 1.82) is 0 Å². The first kappa shape index (κ1) is 15.9. The number of carbonyl (C=O) groups is 1. The number of fused-ring (bicyclic) bond motifs is 1. The van der Waals surface area contributed by atoms with Crippen molar-refractivity contribution >= 4 is 48.6 Å². The summed E-state index contributed by atoms with van der Waals surface area (Å²) in [5.41, 5.74) is 0.207. The molecule has 0 heterocycles. The zero-order valence-corrected chi connectivity index (χ0v) is 14.7. The number of ether oxygens (including phenoxy) is 3. The fourth-order valence-electron chi connectivity index (χ4n) is 2.02. The Kier molecular flexibility index (Phi) is 4.63. The van der Waals surface area contributed by atoms with Gasteiger partial charge >= 0.3 is 5.97 Å². The fraction of sp³-hybridized carbons (Fsp3) is 0.214. The van der Waals surface area contributed by atoms with Gasteiger partial charge in [-0.3, -0.25) is 0 Å². The van der Waals surface area contributed by atoms with Crippen LogP contribution in [0.3, 0.4) is 0 Å². The Hall–Kier alpha value is -1.47. The van der Waals surface area contributed by atoms with E-state index in [1.807, 2.05) is 0 Å². The van der Waals surface area contributed by atoms with E-state index in [0.717, 1.165) is 0 Å². The fourth-order valence-corrected chi connectivity index (χ4v) is 3.09. The van der Waals surface area contributed by atoms with Gasteiger partial charge in [0.15, 0.2) is 0 Å². The van der Waals surface area contributed by atoms with Crippen LogP contribution in [0.4, 0.5) is 0 Å². The molecule has 0 saturated heterocycles. The molecule has 2 aromatic carbocycles. The number of phenolic OH excluding ortho intramolecular Hbond substituents is 1. The molecule has 0 aliphatic heterocycles. The molecule has 0 amide bonds. The van der Waals surface area contributed by atoms with Crippen LogP contribution < -0.4 is 9.47 Å². The van der Waals surface area contributed by atoms with E-state index in [1.54, 1.807) is 12.1 Å². The normalized spacial score (nSPS) is 10.5. The number of esters is 1. The number of aromatic hydroxyl groups is 1. The van der Waals surface area contributed by atoms with Crippen molar-refractivity contribution in [3.63, 3.8) is 0 Å². The van der Waals surface area contributed by atoms with Gasteiger partial charge in [-0.2, -0.15) is 0 Å². The van der Waals surface area contributed by atoms with Crippen LogP contribution in [0, 0.1) is 0 Å². The van der Waals surface area contributed by atoms with E-state index >= 15 is 0 Å². The third-order valence-corrected chi connectivity index (χ3v) is 4.67. The first-order valence-corrected chi connectivity index (χ1v) is 7.38. The third kappa shape index (κ3) is 2.55. The maximum absolute atomic E-state index is 11.8. The van der Waals surface area contributed by atoms with Gasteiger partial charge in [-0.1, -0.05) is 0 Å². The summed E-state index contributed by atoms with van der Waals surface area (Å²) in [6, 6.07) is 3.25. The van der Waals surface area contributed by atoms with E-state index < -0.39 is 5.97 Å². The Morgan fingerprint density at radius 1 is 1.05 bits per heavy atom. The minimum Gasteiger partial charge on any atom is -0.506 e. The minimum atomic E-state index is -0.562. The summed E-state index contributed by atoms with van der Waals surface area (Å²) >= 11 is 6.62. The lowest BCUT2D eigenvalue weighted by Gasteiger charge is -2.15. The predicted molar refractivity (Wildman–Crippen MR) is 85.5 cm³/mol. The first-order valence-electron chi connectivity index (χ1n) is 5.80. The van der Waals surface area contributed by atoms with Crippen LogP contribution >= 0.6 is 31.9 Å². The summed E-state index contributed by atoms with van der Waals surface area (Å²) in [5.74, 6) is 0.289. The standard InChI is InChI=1S/C14H12Br2O5/c1-19-8-5-9(20-2)11(15)6-4-7(14(18)21-3)12(16)13(17)10(6)8/h4-5,17H,1-3H3. The van der Waals surface area contributed by atoms with Crippen LogP contribution in [0.5, 0.6) is 17.2 Å².